The van der Waals surface area contributed by atoms with Gasteiger partial charge < -0.3 is 5.32 Å². The number of nitrogens with zero attached hydrogens (tertiary/aromatic N) is 1. The van der Waals surface area contributed by atoms with Crippen molar-refractivity contribution in [2.75, 3.05) is 5.32 Å². The summed E-state index contributed by atoms with van der Waals surface area (Å²) in [5.41, 5.74) is 0.757. The van der Waals surface area contributed by atoms with Crippen LogP contribution in [-0.2, 0) is 0 Å². The van der Waals surface area contributed by atoms with Crippen molar-refractivity contribution in [1.29, 1.82) is 0 Å². The van der Waals surface area contributed by atoms with Crippen LogP contribution < -0.4 is 10.6 Å². The lowest BCUT2D eigenvalue weighted by atomic mass is 10.1. The molecule has 0 spiro atoms. The first-order valence-electron chi connectivity index (χ1n) is 6.61. The number of carbonyl (C=O) groups excluding carboxylic acids is 1. The maximum atomic E-state index is 12.3. The van der Waals surface area contributed by atoms with Crippen molar-refractivity contribution in [1.82, 2.24) is 5.32 Å². The highest BCUT2D eigenvalue weighted by Gasteiger charge is 2.18. The second-order valence-electron chi connectivity index (χ2n) is 4.74. The Balaban J connectivity index is 2.13. The quantitative estimate of drug-likeness (QED) is 0.467. The van der Waals surface area contributed by atoms with E-state index in [0.29, 0.717) is 15.7 Å². The van der Waals surface area contributed by atoms with Gasteiger partial charge in [-0.1, -0.05) is 29.3 Å². The molecule has 0 atom stereocenters. The largest absolute Gasteiger partial charge is 0.331 e. The number of nitrogens with one attached hydrogen (secondary N) is 2. The number of hydrogen-bond donors (Lipinski definition) is 2. The van der Waals surface area contributed by atoms with Crippen LogP contribution in [0.2, 0.25) is 10.0 Å². The third-order valence-corrected chi connectivity index (χ3v) is 3.90. The minimum Gasteiger partial charge on any atom is -0.331 e. The zero-order chi connectivity index (χ0) is 17.9. The molecule has 0 fully saturated rings. The van der Waals surface area contributed by atoms with Gasteiger partial charge in [0, 0.05) is 22.2 Å². The minimum atomic E-state index is -0.557. The Morgan fingerprint density at radius 3 is 2.58 bits per heavy atom. The molecule has 2 aromatic rings. The van der Waals surface area contributed by atoms with E-state index in [1.54, 1.807) is 12.1 Å². The Hall–Kier alpha value is -2.22. The Labute approximate surface area is 152 Å². The Morgan fingerprint density at radius 1 is 1.25 bits per heavy atom. The SMILES string of the molecule is Cc1c(C(=O)NC(=S)Nc2ccc(Cl)cc2Cl)cccc1[N+](=O)[O-]. The summed E-state index contributed by atoms with van der Waals surface area (Å²) in [5.74, 6) is -0.557. The van der Waals surface area contributed by atoms with Crippen LogP contribution in [0.4, 0.5) is 11.4 Å². The van der Waals surface area contributed by atoms with Crippen LogP contribution >= 0.6 is 35.4 Å². The van der Waals surface area contributed by atoms with E-state index in [0.717, 1.165) is 0 Å². The van der Waals surface area contributed by atoms with Gasteiger partial charge in [-0.05, 0) is 43.4 Å². The molecular formula is C15H11Cl2N3O3S. The van der Waals surface area contributed by atoms with E-state index in [1.807, 2.05) is 0 Å². The fourth-order valence-corrected chi connectivity index (χ4v) is 2.64. The lowest BCUT2D eigenvalue weighted by molar-refractivity contribution is -0.385. The number of carbonyl (C=O) groups is 1. The van der Waals surface area contributed by atoms with Gasteiger partial charge in [0.15, 0.2) is 5.11 Å². The number of benzene rings is 2. The van der Waals surface area contributed by atoms with Crippen LogP contribution in [0.5, 0.6) is 0 Å². The number of rotatable bonds is 3. The number of amides is 1. The average Bonchev–Trinajstić information content (AvgIpc) is 2.49. The third-order valence-electron chi connectivity index (χ3n) is 3.15. The molecule has 0 aliphatic carbocycles. The highest BCUT2D eigenvalue weighted by molar-refractivity contribution is 7.80. The zero-order valence-corrected chi connectivity index (χ0v) is 14.6. The summed E-state index contributed by atoms with van der Waals surface area (Å²) in [4.78, 5) is 22.7. The molecule has 24 heavy (non-hydrogen) atoms. The smallest absolute Gasteiger partial charge is 0.273 e. The predicted molar refractivity (Wildman–Crippen MR) is 98.0 cm³/mol. The van der Waals surface area contributed by atoms with E-state index in [4.69, 9.17) is 35.4 Å². The van der Waals surface area contributed by atoms with E-state index >= 15 is 0 Å². The van der Waals surface area contributed by atoms with E-state index in [1.165, 1.54) is 31.2 Å². The molecule has 0 aliphatic heterocycles. The van der Waals surface area contributed by atoms with Gasteiger partial charge >= 0.3 is 0 Å². The Bertz CT molecular complexity index is 843. The number of hydrogen-bond acceptors (Lipinski definition) is 4. The average molecular weight is 384 g/mol. The number of anilines is 1. The van der Waals surface area contributed by atoms with Crippen LogP contribution in [0.3, 0.4) is 0 Å². The van der Waals surface area contributed by atoms with Gasteiger partial charge in [-0.3, -0.25) is 20.2 Å². The van der Waals surface area contributed by atoms with Crippen molar-refractivity contribution in [3.05, 3.63) is 67.7 Å². The van der Waals surface area contributed by atoms with E-state index < -0.39 is 10.8 Å². The molecule has 0 radical (unpaired) electrons. The van der Waals surface area contributed by atoms with Crippen LogP contribution in [0.1, 0.15) is 15.9 Å². The van der Waals surface area contributed by atoms with Crippen molar-refractivity contribution in [3.63, 3.8) is 0 Å². The summed E-state index contributed by atoms with van der Waals surface area (Å²) >= 11 is 16.9. The highest BCUT2D eigenvalue weighted by Crippen LogP contribution is 2.25. The van der Waals surface area contributed by atoms with E-state index in [2.05, 4.69) is 10.6 Å². The molecule has 0 saturated carbocycles. The standard InChI is InChI=1S/C15H11Cl2N3O3S/c1-8-10(3-2-4-13(8)20(22)23)14(21)19-15(24)18-12-6-5-9(16)7-11(12)17/h2-7H,1H3,(H2,18,19,21,24). The second kappa shape index (κ2) is 7.57. The third kappa shape index (κ3) is 4.19. The highest BCUT2D eigenvalue weighted by atomic mass is 35.5. The van der Waals surface area contributed by atoms with Gasteiger partial charge in [-0.25, -0.2) is 0 Å². The first-order chi connectivity index (χ1) is 11.3. The molecule has 1 amide bonds. The maximum absolute atomic E-state index is 12.3. The summed E-state index contributed by atoms with van der Waals surface area (Å²) in [5, 5.41) is 17.0. The molecule has 124 valence electrons. The normalized spacial score (nSPS) is 10.1. The summed E-state index contributed by atoms with van der Waals surface area (Å²) in [6.45, 7) is 1.50. The van der Waals surface area contributed by atoms with Crippen LogP contribution in [0.25, 0.3) is 0 Å². The topological polar surface area (TPSA) is 84.3 Å². The van der Waals surface area contributed by atoms with Gasteiger partial charge in [0.05, 0.1) is 15.6 Å². The van der Waals surface area contributed by atoms with Crippen molar-refractivity contribution >= 4 is 57.8 Å². The minimum absolute atomic E-state index is 0.00938. The van der Waals surface area contributed by atoms with Crippen molar-refractivity contribution in [2.24, 2.45) is 0 Å². The zero-order valence-electron chi connectivity index (χ0n) is 12.3. The second-order valence-corrected chi connectivity index (χ2v) is 5.99. The first kappa shape index (κ1) is 18.1. The van der Waals surface area contributed by atoms with Gasteiger partial charge in [-0.15, -0.1) is 0 Å². The molecule has 0 unspecified atom stereocenters. The van der Waals surface area contributed by atoms with Gasteiger partial charge in [0.2, 0.25) is 0 Å². The summed E-state index contributed by atoms with van der Waals surface area (Å²) in [6, 6.07) is 9.01. The predicted octanol–water partition coefficient (Wildman–Crippen LogP) is 4.34. The summed E-state index contributed by atoms with van der Waals surface area (Å²) in [7, 11) is 0. The molecule has 9 heteroatoms. The molecule has 2 rings (SSSR count). The molecule has 0 bridgehead atoms. The molecule has 0 heterocycles. The van der Waals surface area contributed by atoms with Crippen molar-refractivity contribution in [3.8, 4) is 0 Å². The summed E-state index contributed by atoms with van der Waals surface area (Å²) < 4.78 is 0. The van der Waals surface area contributed by atoms with Crippen LogP contribution in [-0.4, -0.2) is 15.9 Å². The molecule has 0 aliphatic rings. The van der Waals surface area contributed by atoms with Gasteiger partial charge in [0.25, 0.3) is 11.6 Å². The van der Waals surface area contributed by atoms with Crippen molar-refractivity contribution in [2.45, 2.75) is 6.92 Å². The molecule has 6 nitrogen and oxygen atoms in total. The van der Waals surface area contributed by atoms with Gasteiger partial charge in [0.1, 0.15) is 0 Å². The number of nitro benzene ring substituents is 1. The number of halogens is 2. The first-order valence-corrected chi connectivity index (χ1v) is 7.77. The molecular weight excluding hydrogens is 373 g/mol. The van der Waals surface area contributed by atoms with E-state index in [-0.39, 0.29) is 21.9 Å². The maximum Gasteiger partial charge on any atom is 0.273 e. The van der Waals surface area contributed by atoms with Gasteiger partial charge in [-0.2, -0.15) is 0 Å². The lowest BCUT2D eigenvalue weighted by Gasteiger charge is -2.12. The number of thiocarbonyl (C=S) groups is 1. The Morgan fingerprint density at radius 2 is 1.96 bits per heavy atom. The van der Waals surface area contributed by atoms with Crippen LogP contribution in [0.15, 0.2) is 36.4 Å². The number of nitro groups is 1. The lowest BCUT2D eigenvalue weighted by Crippen LogP contribution is -2.34. The monoisotopic (exact) mass is 383 g/mol. The van der Waals surface area contributed by atoms with Crippen LogP contribution in [0, 0.1) is 17.0 Å². The fourth-order valence-electron chi connectivity index (χ4n) is 1.98. The fraction of sp³-hybridized carbons (Fsp3) is 0.0667. The van der Waals surface area contributed by atoms with E-state index in [9.17, 15) is 14.9 Å². The Kier molecular flexibility index (Phi) is 5.71. The molecule has 2 N–H and O–H groups in total. The molecule has 0 aromatic heterocycles. The molecule has 0 saturated heterocycles. The van der Waals surface area contributed by atoms with Crippen molar-refractivity contribution < 1.29 is 9.72 Å². The molecule has 2 aromatic carbocycles. The summed E-state index contributed by atoms with van der Waals surface area (Å²) in [6.07, 6.45) is 0.